The van der Waals surface area contributed by atoms with E-state index in [2.05, 4.69) is 22.3 Å². The molecule has 1 fully saturated rings. The molecule has 1 atom stereocenters. The van der Waals surface area contributed by atoms with Crippen molar-refractivity contribution in [2.45, 2.75) is 13.0 Å². The third-order valence-electron chi connectivity index (χ3n) is 3.56. The van der Waals surface area contributed by atoms with Gasteiger partial charge < -0.3 is 10.2 Å². The first-order valence-corrected chi connectivity index (χ1v) is 6.72. The van der Waals surface area contributed by atoms with Gasteiger partial charge in [-0.05, 0) is 31.2 Å². The van der Waals surface area contributed by atoms with Crippen LogP contribution in [0.15, 0.2) is 36.9 Å². The molecule has 0 bridgehead atoms. The van der Waals surface area contributed by atoms with Crippen molar-refractivity contribution in [2.24, 2.45) is 0 Å². The molecule has 1 aromatic carbocycles. The number of benzene rings is 1. The van der Waals surface area contributed by atoms with Crippen LogP contribution in [0.2, 0.25) is 0 Å². The molecule has 1 saturated heterocycles. The Bertz CT molecular complexity index is 578. The van der Waals surface area contributed by atoms with Gasteiger partial charge >= 0.3 is 0 Å². The maximum absolute atomic E-state index is 12.5. The monoisotopic (exact) mass is 271 g/mol. The largest absolute Gasteiger partial charge is 0.333 e. The quantitative estimate of drug-likeness (QED) is 0.873. The summed E-state index contributed by atoms with van der Waals surface area (Å²) in [4.78, 5) is 18.3. The number of rotatable bonds is 2. The molecule has 0 saturated carbocycles. The van der Waals surface area contributed by atoms with E-state index in [9.17, 15) is 4.79 Å². The van der Waals surface area contributed by atoms with Crippen LogP contribution in [0.5, 0.6) is 0 Å². The maximum atomic E-state index is 12.5. The summed E-state index contributed by atoms with van der Waals surface area (Å²) in [6.07, 6.45) is 3.12. The van der Waals surface area contributed by atoms with Crippen LogP contribution in [0.25, 0.3) is 5.69 Å². The molecular weight excluding hydrogens is 254 g/mol. The van der Waals surface area contributed by atoms with Crippen molar-refractivity contribution in [1.29, 1.82) is 0 Å². The molecule has 1 N–H and O–H groups in total. The van der Waals surface area contributed by atoms with Crippen molar-refractivity contribution >= 4 is 5.91 Å². The number of hydrogen-bond donors (Lipinski definition) is 1. The third-order valence-corrected chi connectivity index (χ3v) is 3.56. The van der Waals surface area contributed by atoms with Crippen molar-refractivity contribution in [3.63, 3.8) is 0 Å². The first-order valence-electron chi connectivity index (χ1n) is 6.72. The zero-order valence-electron chi connectivity index (χ0n) is 11.4. The zero-order valence-corrected chi connectivity index (χ0v) is 11.4. The van der Waals surface area contributed by atoms with Gasteiger partial charge in [0.05, 0.1) is 5.69 Å². The highest BCUT2D eigenvalue weighted by Crippen LogP contribution is 2.13. The van der Waals surface area contributed by atoms with E-state index in [1.165, 1.54) is 6.33 Å². The highest BCUT2D eigenvalue weighted by Gasteiger charge is 2.23. The summed E-state index contributed by atoms with van der Waals surface area (Å²) in [5.74, 6) is 0.0872. The van der Waals surface area contributed by atoms with Gasteiger partial charge in [-0.3, -0.25) is 4.79 Å². The summed E-state index contributed by atoms with van der Waals surface area (Å²) >= 11 is 0. The average Bonchev–Trinajstić information content (AvgIpc) is 3.01. The number of nitrogens with zero attached hydrogens (tertiary/aromatic N) is 4. The fraction of sp³-hybridized carbons (Fsp3) is 0.357. The lowest BCUT2D eigenvalue weighted by molar-refractivity contribution is 0.0656. The number of carbonyl (C=O) groups excluding carboxylic acids is 1. The molecular formula is C14H17N5O. The lowest BCUT2D eigenvalue weighted by atomic mass is 10.1. The summed E-state index contributed by atoms with van der Waals surface area (Å²) in [5, 5.41) is 7.35. The van der Waals surface area contributed by atoms with Crippen LogP contribution < -0.4 is 5.32 Å². The number of amides is 1. The Hall–Kier alpha value is -2.21. The number of piperazine rings is 1. The predicted octanol–water partition coefficient (Wildman–Crippen LogP) is 0.701. The first kappa shape index (κ1) is 12.8. The third kappa shape index (κ3) is 2.42. The number of carbonyl (C=O) groups is 1. The van der Waals surface area contributed by atoms with Gasteiger partial charge in [0.2, 0.25) is 0 Å². The van der Waals surface area contributed by atoms with Crippen LogP contribution in [0, 0.1) is 0 Å². The molecule has 1 aliphatic heterocycles. The summed E-state index contributed by atoms with van der Waals surface area (Å²) < 4.78 is 1.67. The molecule has 2 aromatic rings. The lowest BCUT2D eigenvalue weighted by Gasteiger charge is -2.34. The van der Waals surface area contributed by atoms with E-state index >= 15 is 0 Å². The van der Waals surface area contributed by atoms with Crippen LogP contribution in [0.3, 0.4) is 0 Å². The van der Waals surface area contributed by atoms with Gasteiger partial charge in [-0.25, -0.2) is 9.67 Å². The maximum Gasteiger partial charge on any atom is 0.254 e. The molecule has 3 rings (SSSR count). The van der Waals surface area contributed by atoms with E-state index in [0.29, 0.717) is 5.56 Å². The van der Waals surface area contributed by atoms with E-state index in [1.807, 2.05) is 29.2 Å². The first-order chi connectivity index (χ1) is 9.75. The Morgan fingerprint density at radius 1 is 1.35 bits per heavy atom. The van der Waals surface area contributed by atoms with Crippen molar-refractivity contribution < 1.29 is 4.79 Å². The second kappa shape index (κ2) is 5.42. The molecule has 1 aliphatic rings. The number of hydrogen-bond acceptors (Lipinski definition) is 4. The molecule has 20 heavy (non-hydrogen) atoms. The van der Waals surface area contributed by atoms with E-state index < -0.39 is 0 Å². The molecule has 0 radical (unpaired) electrons. The Kier molecular flexibility index (Phi) is 3.47. The SMILES string of the molecule is C[C@@H]1CNCCN1C(=O)c1ccc(-n2cncn2)cc1. The minimum atomic E-state index is 0.0872. The number of aromatic nitrogens is 3. The van der Waals surface area contributed by atoms with E-state index in [4.69, 9.17) is 0 Å². The van der Waals surface area contributed by atoms with Gasteiger partial charge in [0.1, 0.15) is 12.7 Å². The normalized spacial score (nSPS) is 19.1. The fourth-order valence-electron chi connectivity index (χ4n) is 2.41. The molecule has 6 heteroatoms. The van der Waals surface area contributed by atoms with E-state index in [0.717, 1.165) is 25.3 Å². The summed E-state index contributed by atoms with van der Waals surface area (Å²) in [7, 11) is 0. The smallest absolute Gasteiger partial charge is 0.254 e. The standard InChI is InChI=1S/C14H17N5O/c1-11-8-15-6-7-18(11)14(20)12-2-4-13(5-3-12)19-10-16-9-17-19/h2-5,9-11,15H,6-8H2,1H3/t11-/m1/s1. The van der Waals surface area contributed by atoms with Gasteiger partial charge in [0.15, 0.2) is 0 Å². The predicted molar refractivity (Wildman–Crippen MR) is 74.7 cm³/mol. The van der Waals surface area contributed by atoms with Crippen molar-refractivity contribution in [3.05, 3.63) is 42.5 Å². The summed E-state index contributed by atoms with van der Waals surface area (Å²) in [6.45, 7) is 4.52. The molecule has 0 aliphatic carbocycles. The Balaban J connectivity index is 1.78. The van der Waals surface area contributed by atoms with Crippen LogP contribution in [-0.4, -0.2) is 51.2 Å². The lowest BCUT2D eigenvalue weighted by Crippen LogP contribution is -2.52. The Labute approximate surface area is 117 Å². The minimum absolute atomic E-state index is 0.0872. The molecule has 0 spiro atoms. The van der Waals surface area contributed by atoms with Gasteiger partial charge in [0, 0.05) is 31.2 Å². The topological polar surface area (TPSA) is 63.1 Å². The Morgan fingerprint density at radius 3 is 2.80 bits per heavy atom. The number of nitrogens with one attached hydrogen (secondary N) is 1. The summed E-state index contributed by atoms with van der Waals surface area (Å²) in [5.41, 5.74) is 1.61. The van der Waals surface area contributed by atoms with Crippen molar-refractivity contribution in [3.8, 4) is 5.69 Å². The molecule has 1 aromatic heterocycles. The van der Waals surface area contributed by atoms with Gasteiger partial charge in [-0.1, -0.05) is 0 Å². The molecule has 2 heterocycles. The molecule has 0 unspecified atom stereocenters. The average molecular weight is 271 g/mol. The van der Waals surface area contributed by atoms with Crippen LogP contribution in [0.1, 0.15) is 17.3 Å². The molecule has 104 valence electrons. The van der Waals surface area contributed by atoms with Crippen LogP contribution >= 0.6 is 0 Å². The van der Waals surface area contributed by atoms with Crippen LogP contribution in [-0.2, 0) is 0 Å². The second-order valence-electron chi connectivity index (χ2n) is 4.94. The Morgan fingerprint density at radius 2 is 2.15 bits per heavy atom. The second-order valence-corrected chi connectivity index (χ2v) is 4.94. The van der Waals surface area contributed by atoms with E-state index in [1.54, 1.807) is 11.0 Å². The highest BCUT2D eigenvalue weighted by molar-refractivity contribution is 5.94. The van der Waals surface area contributed by atoms with Crippen molar-refractivity contribution in [1.82, 2.24) is 25.0 Å². The molecule has 1 amide bonds. The zero-order chi connectivity index (χ0) is 13.9. The molecule has 6 nitrogen and oxygen atoms in total. The van der Waals surface area contributed by atoms with Gasteiger partial charge in [-0.15, -0.1) is 0 Å². The van der Waals surface area contributed by atoms with Crippen molar-refractivity contribution in [2.75, 3.05) is 19.6 Å². The van der Waals surface area contributed by atoms with Gasteiger partial charge in [-0.2, -0.15) is 5.10 Å². The minimum Gasteiger partial charge on any atom is -0.333 e. The fourth-order valence-corrected chi connectivity index (χ4v) is 2.41. The highest BCUT2D eigenvalue weighted by atomic mass is 16.2. The van der Waals surface area contributed by atoms with Crippen LogP contribution in [0.4, 0.5) is 0 Å². The van der Waals surface area contributed by atoms with Gasteiger partial charge in [0.25, 0.3) is 5.91 Å². The summed E-state index contributed by atoms with van der Waals surface area (Å²) in [6, 6.07) is 7.68. The van der Waals surface area contributed by atoms with E-state index in [-0.39, 0.29) is 11.9 Å².